The third-order valence-corrected chi connectivity index (χ3v) is 6.54. The molecule has 3 rings (SSSR count). The van der Waals surface area contributed by atoms with Crippen LogP contribution in [0.3, 0.4) is 0 Å². The molecular formula is C24H31BrN2O2. The van der Waals surface area contributed by atoms with Crippen LogP contribution in [0.1, 0.15) is 52.9 Å². The van der Waals surface area contributed by atoms with Crippen LogP contribution < -0.4 is 10.2 Å². The van der Waals surface area contributed by atoms with Crippen LogP contribution in [0, 0.1) is 0 Å². The minimum Gasteiger partial charge on any atom is -0.465 e. The van der Waals surface area contributed by atoms with Crippen molar-refractivity contribution in [2.45, 2.75) is 70.5 Å². The van der Waals surface area contributed by atoms with E-state index in [1.165, 1.54) is 0 Å². The molecule has 0 saturated heterocycles. The fourth-order valence-electron chi connectivity index (χ4n) is 4.15. The van der Waals surface area contributed by atoms with Gasteiger partial charge in [-0.25, -0.2) is 4.79 Å². The Balaban J connectivity index is 1.85. The van der Waals surface area contributed by atoms with Gasteiger partial charge in [-0.15, -0.1) is 0 Å². The van der Waals surface area contributed by atoms with Crippen molar-refractivity contribution in [3.05, 3.63) is 53.0 Å². The minimum atomic E-state index is -0.884. The highest BCUT2D eigenvalue weighted by Gasteiger charge is 2.32. The van der Waals surface area contributed by atoms with Gasteiger partial charge in [0.25, 0.3) is 0 Å². The Hall–Kier alpha value is -1.85. The summed E-state index contributed by atoms with van der Waals surface area (Å²) < 4.78 is 0.887. The second-order valence-electron chi connectivity index (χ2n) is 8.57. The van der Waals surface area contributed by atoms with Gasteiger partial charge in [0, 0.05) is 27.7 Å². The number of rotatable bonds is 6. The van der Waals surface area contributed by atoms with Crippen LogP contribution in [-0.2, 0) is 0 Å². The molecule has 4 nitrogen and oxygen atoms in total. The van der Waals surface area contributed by atoms with Crippen LogP contribution in [-0.4, -0.2) is 28.8 Å². The van der Waals surface area contributed by atoms with Gasteiger partial charge in [0.05, 0.1) is 5.69 Å². The maximum atomic E-state index is 12.3. The Morgan fingerprint density at radius 3 is 2.38 bits per heavy atom. The lowest BCUT2D eigenvalue weighted by Gasteiger charge is -2.39. The molecule has 0 aliphatic heterocycles. The molecule has 29 heavy (non-hydrogen) atoms. The van der Waals surface area contributed by atoms with E-state index in [1.807, 2.05) is 48.5 Å². The summed E-state index contributed by atoms with van der Waals surface area (Å²) in [6, 6.07) is 16.4. The highest BCUT2D eigenvalue weighted by atomic mass is 79.9. The Kier molecular flexibility index (Phi) is 7.01. The quantitative estimate of drug-likeness (QED) is 0.506. The zero-order valence-electron chi connectivity index (χ0n) is 17.5. The predicted molar refractivity (Wildman–Crippen MR) is 124 cm³/mol. The maximum Gasteiger partial charge on any atom is 0.412 e. The van der Waals surface area contributed by atoms with Gasteiger partial charge in [0.2, 0.25) is 0 Å². The molecule has 0 atom stereocenters. The van der Waals surface area contributed by atoms with E-state index in [9.17, 15) is 9.90 Å². The van der Waals surface area contributed by atoms with Crippen molar-refractivity contribution in [2.24, 2.45) is 0 Å². The standard InChI is InChI=1S/C24H31BrN2O2/c1-4-24(2,3)26-19-11-13-20(14-12-19)27(23(28)29)22-16-18(25)10-15-21(22)17-8-6-5-7-9-17/h5-10,15-16,19-20,26H,4,11-14H2,1-3H3,(H,28,29). The third-order valence-electron chi connectivity index (χ3n) is 6.05. The lowest BCUT2D eigenvalue weighted by Crippen LogP contribution is -2.50. The van der Waals surface area contributed by atoms with Crippen molar-refractivity contribution in [2.75, 3.05) is 4.90 Å². The summed E-state index contributed by atoms with van der Waals surface area (Å²) in [5.41, 5.74) is 2.85. The van der Waals surface area contributed by atoms with Gasteiger partial charge in [0.15, 0.2) is 0 Å². The third kappa shape index (κ3) is 5.40. The highest BCUT2D eigenvalue weighted by Crippen LogP contribution is 2.37. The number of halogens is 1. The number of carboxylic acid groups (broad SMARTS) is 1. The Morgan fingerprint density at radius 2 is 1.79 bits per heavy atom. The lowest BCUT2D eigenvalue weighted by molar-refractivity contribution is 0.192. The lowest BCUT2D eigenvalue weighted by atomic mass is 9.87. The SMILES string of the molecule is CCC(C)(C)NC1CCC(N(C(=O)O)c2cc(Br)ccc2-c2ccccc2)CC1. The Morgan fingerprint density at radius 1 is 1.14 bits per heavy atom. The summed E-state index contributed by atoms with van der Waals surface area (Å²) >= 11 is 3.53. The molecule has 2 aromatic rings. The summed E-state index contributed by atoms with van der Waals surface area (Å²) in [5, 5.41) is 13.9. The Labute approximate surface area is 182 Å². The number of hydrogen-bond acceptors (Lipinski definition) is 2. The molecule has 0 radical (unpaired) electrons. The van der Waals surface area contributed by atoms with E-state index in [0.717, 1.165) is 53.4 Å². The molecule has 2 N–H and O–H groups in total. The van der Waals surface area contributed by atoms with E-state index in [1.54, 1.807) is 4.90 Å². The van der Waals surface area contributed by atoms with E-state index >= 15 is 0 Å². The number of anilines is 1. The summed E-state index contributed by atoms with van der Waals surface area (Å²) in [4.78, 5) is 13.9. The fourth-order valence-corrected chi connectivity index (χ4v) is 4.50. The molecule has 5 heteroatoms. The maximum absolute atomic E-state index is 12.3. The molecular weight excluding hydrogens is 428 g/mol. The number of benzene rings is 2. The summed E-state index contributed by atoms with van der Waals surface area (Å²) in [6.07, 6.45) is 3.91. The van der Waals surface area contributed by atoms with Crippen molar-refractivity contribution in [3.8, 4) is 11.1 Å². The van der Waals surface area contributed by atoms with Crippen LogP contribution in [0.15, 0.2) is 53.0 Å². The van der Waals surface area contributed by atoms with E-state index < -0.39 is 6.09 Å². The summed E-state index contributed by atoms with van der Waals surface area (Å²) in [6.45, 7) is 6.66. The largest absolute Gasteiger partial charge is 0.465 e. The van der Waals surface area contributed by atoms with E-state index in [4.69, 9.17) is 0 Å². The van der Waals surface area contributed by atoms with Crippen molar-refractivity contribution in [3.63, 3.8) is 0 Å². The average Bonchev–Trinajstić information content (AvgIpc) is 2.70. The van der Waals surface area contributed by atoms with E-state index in [-0.39, 0.29) is 11.6 Å². The zero-order valence-corrected chi connectivity index (χ0v) is 19.1. The molecule has 2 aromatic carbocycles. The van der Waals surface area contributed by atoms with Crippen molar-refractivity contribution < 1.29 is 9.90 Å². The molecule has 0 bridgehead atoms. The molecule has 1 saturated carbocycles. The topological polar surface area (TPSA) is 52.6 Å². The summed E-state index contributed by atoms with van der Waals surface area (Å²) in [7, 11) is 0. The highest BCUT2D eigenvalue weighted by molar-refractivity contribution is 9.10. The van der Waals surface area contributed by atoms with Gasteiger partial charge in [-0.05, 0) is 63.6 Å². The van der Waals surface area contributed by atoms with Crippen LogP contribution >= 0.6 is 15.9 Å². The van der Waals surface area contributed by atoms with E-state index in [2.05, 4.69) is 42.0 Å². The molecule has 1 aliphatic rings. The number of nitrogens with zero attached hydrogens (tertiary/aromatic N) is 1. The molecule has 0 unspecified atom stereocenters. The van der Waals surface area contributed by atoms with Gasteiger partial charge in [-0.1, -0.05) is 59.3 Å². The second-order valence-corrected chi connectivity index (χ2v) is 9.48. The van der Waals surface area contributed by atoms with Crippen molar-refractivity contribution in [1.29, 1.82) is 0 Å². The monoisotopic (exact) mass is 458 g/mol. The average molecular weight is 459 g/mol. The molecule has 1 fully saturated rings. The molecule has 1 aliphatic carbocycles. The first-order chi connectivity index (χ1) is 13.8. The second kappa shape index (κ2) is 9.31. The summed E-state index contributed by atoms with van der Waals surface area (Å²) in [5.74, 6) is 0. The molecule has 156 valence electrons. The number of nitrogens with one attached hydrogen (secondary N) is 1. The van der Waals surface area contributed by atoms with Gasteiger partial charge >= 0.3 is 6.09 Å². The number of carbonyl (C=O) groups is 1. The molecule has 0 spiro atoms. The minimum absolute atomic E-state index is 0.00736. The van der Waals surface area contributed by atoms with Crippen LogP contribution in [0.25, 0.3) is 11.1 Å². The normalized spacial score (nSPS) is 19.7. The predicted octanol–water partition coefficient (Wildman–Crippen LogP) is 6.69. The Bertz CT molecular complexity index is 830. The molecule has 0 aromatic heterocycles. The van der Waals surface area contributed by atoms with Crippen LogP contribution in [0.2, 0.25) is 0 Å². The number of amides is 1. The first kappa shape index (κ1) is 21.8. The van der Waals surface area contributed by atoms with Gasteiger partial charge in [-0.2, -0.15) is 0 Å². The van der Waals surface area contributed by atoms with Crippen molar-refractivity contribution in [1.82, 2.24) is 5.32 Å². The van der Waals surface area contributed by atoms with Crippen LogP contribution in [0.4, 0.5) is 10.5 Å². The fraction of sp³-hybridized carbons (Fsp3) is 0.458. The zero-order chi connectivity index (χ0) is 21.0. The first-order valence-electron chi connectivity index (χ1n) is 10.5. The van der Waals surface area contributed by atoms with Crippen LogP contribution in [0.5, 0.6) is 0 Å². The van der Waals surface area contributed by atoms with Gasteiger partial charge < -0.3 is 10.4 Å². The van der Waals surface area contributed by atoms with Crippen molar-refractivity contribution >= 4 is 27.7 Å². The molecule has 0 heterocycles. The van der Waals surface area contributed by atoms with Gasteiger partial charge in [-0.3, -0.25) is 4.90 Å². The smallest absolute Gasteiger partial charge is 0.412 e. The van der Waals surface area contributed by atoms with E-state index in [0.29, 0.717) is 6.04 Å². The van der Waals surface area contributed by atoms with Gasteiger partial charge in [0.1, 0.15) is 0 Å². The molecule has 1 amide bonds. The number of hydrogen-bond donors (Lipinski definition) is 2. The first-order valence-corrected chi connectivity index (χ1v) is 11.2.